The molecule has 0 aliphatic carbocycles. The van der Waals surface area contributed by atoms with Crippen LogP contribution in [0.15, 0.2) is 36.5 Å². The van der Waals surface area contributed by atoms with Crippen molar-refractivity contribution in [2.45, 2.75) is 91.0 Å². The van der Waals surface area contributed by atoms with Gasteiger partial charge in [0.25, 0.3) is 0 Å². The molecule has 22 heavy (non-hydrogen) atoms. The second kappa shape index (κ2) is 12.4. The summed E-state index contributed by atoms with van der Waals surface area (Å²) < 4.78 is 2.34. The summed E-state index contributed by atoms with van der Waals surface area (Å²) in [6.45, 7) is 9.37. The molecule has 0 spiro atoms. The average molecular weight is 303 g/mol. The van der Waals surface area contributed by atoms with Crippen molar-refractivity contribution in [3.05, 3.63) is 42.2 Å². The van der Waals surface area contributed by atoms with Gasteiger partial charge in [0, 0.05) is 18.6 Å². The van der Waals surface area contributed by atoms with E-state index in [-0.39, 0.29) is 0 Å². The summed E-state index contributed by atoms with van der Waals surface area (Å²) in [5.74, 6) is 0. The number of pyridine rings is 1. The van der Waals surface area contributed by atoms with Gasteiger partial charge in [-0.2, -0.15) is 4.57 Å². The van der Waals surface area contributed by atoms with Gasteiger partial charge in [-0.1, -0.05) is 77.4 Å². The lowest BCUT2D eigenvalue weighted by Crippen LogP contribution is -2.38. The Bertz CT molecular complexity index is 408. The van der Waals surface area contributed by atoms with Crippen LogP contribution in [0.3, 0.4) is 0 Å². The van der Waals surface area contributed by atoms with Crippen molar-refractivity contribution < 1.29 is 4.57 Å². The highest BCUT2D eigenvalue weighted by Crippen LogP contribution is 2.11. The lowest BCUT2D eigenvalue weighted by atomic mass is 10.0. The van der Waals surface area contributed by atoms with Gasteiger partial charge in [0.15, 0.2) is 18.4 Å². The minimum Gasteiger partial charge on any atom is -0.198 e. The summed E-state index contributed by atoms with van der Waals surface area (Å²) in [7, 11) is 0. The van der Waals surface area contributed by atoms with E-state index in [1.165, 1.54) is 81.9 Å². The smallest absolute Gasteiger partial charge is 0.181 e. The SMILES string of the molecule is C=C(C)C[n+]1ccccc1CCCCCCCCCCCC. The molecule has 0 aromatic carbocycles. The Morgan fingerprint density at radius 1 is 0.909 bits per heavy atom. The molecule has 1 aromatic rings. The number of aryl methyl sites for hydroxylation is 1. The van der Waals surface area contributed by atoms with Gasteiger partial charge in [-0.05, 0) is 18.9 Å². The van der Waals surface area contributed by atoms with Crippen LogP contribution in [0.1, 0.15) is 83.7 Å². The number of aromatic nitrogens is 1. The molecule has 0 fully saturated rings. The molecule has 0 atom stereocenters. The van der Waals surface area contributed by atoms with E-state index in [1.807, 2.05) is 0 Å². The topological polar surface area (TPSA) is 3.88 Å². The molecule has 0 unspecified atom stereocenters. The lowest BCUT2D eigenvalue weighted by molar-refractivity contribution is -0.696. The highest BCUT2D eigenvalue weighted by Gasteiger charge is 2.08. The molecule has 0 amide bonds. The first-order valence-electron chi connectivity index (χ1n) is 9.35. The van der Waals surface area contributed by atoms with E-state index in [9.17, 15) is 0 Å². The van der Waals surface area contributed by atoms with Crippen LogP contribution in [0.5, 0.6) is 0 Å². The van der Waals surface area contributed by atoms with Crippen LogP contribution >= 0.6 is 0 Å². The zero-order chi connectivity index (χ0) is 16.0. The van der Waals surface area contributed by atoms with Crippen molar-refractivity contribution in [2.24, 2.45) is 0 Å². The van der Waals surface area contributed by atoms with Crippen LogP contribution in [0.2, 0.25) is 0 Å². The second-order valence-electron chi connectivity index (χ2n) is 6.71. The van der Waals surface area contributed by atoms with Crippen molar-refractivity contribution in [2.75, 3.05) is 0 Å². The Morgan fingerprint density at radius 3 is 2.09 bits per heavy atom. The molecule has 1 heteroatoms. The first-order chi connectivity index (χ1) is 10.7. The molecule has 0 N–H and O–H groups in total. The third-order valence-electron chi connectivity index (χ3n) is 4.26. The second-order valence-corrected chi connectivity index (χ2v) is 6.71. The Labute approximate surface area is 138 Å². The van der Waals surface area contributed by atoms with Crippen molar-refractivity contribution in [1.29, 1.82) is 0 Å². The summed E-state index contributed by atoms with van der Waals surface area (Å²) >= 11 is 0. The molecule has 1 nitrogen and oxygen atoms in total. The molecule has 0 aliphatic heterocycles. The van der Waals surface area contributed by atoms with E-state index in [1.54, 1.807) is 0 Å². The summed E-state index contributed by atoms with van der Waals surface area (Å²) in [5, 5.41) is 0. The fraction of sp³-hybridized carbons (Fsp3) is 0.667. The molecular weight excluding hydrogens is 266 g/mol. The van der Waals surface area contributed by atoms with Gasteiger partial charge in [0.1, 0.15) is 0 Å². The molecule has 1 heterocycles. The Balaban J connectivity index is 2.08. The van der Waals surface area contributed by atoms with Crippen LogP contribution < -0.4 is 4.57 Å². The standard InChI is InChI=1S/C21H36N/c1-4-5-6-7-8-9-10-11-12-13-16-21-17-14-15-18-22(21)19-20(2)3/h14-15,17-18H,2,4-13,16,19H2,1,3H3/q+1. The monoisotopic (exact) mass is 302 g/mol. The fourth-order valence-corrected chi connectivity index (χ4v) is 2.98. The number of hydrogen-bond acceptors (Lipinski definition) is 0. The zero-order valence-electron chi connectivity index (χ0n) is 14.9. The van der Waals surface area contributed by atoms with Gasteiger partial charge in [0.2, 0.25) is 0 Å². The first-order valence-corrected chi connectivity index (χ1v) is 9.35. The van der Waals surface area contributed by atoms with E-state index in [2.05, 4.69) is 49.4 Å². The van der Waals surface area contributed by atoms with E-state index in [0.29, 0.717) is 0 Å². The van der Waals surface area contributed by atoms with Crippen LogP contribution in [0.25, 0.3) is 0 Å². The predicted molar refractivity (Wildman–Crippen MR) is 97.0 cm³/mol. The molecule has 0 bridgehead atoms. The fourth-order valence-electron chi connectivity index (χ4n) is 2.98. The van der Waals surface area contributed by atoms with E-state index < -0.39 is 0 Å². The molecular formula is C21H36N+. The van der Waals surface area contributed by atoms with Gasteiger partial charge in [-0.15, -0.1) is 0 Å². The zero-order valence-corrected chi connectivity index (χ0v) is 14.9. The molecule has 1 aromatic heterocycles. The van der Waals surface area contributed by atoms with Crippen LogP contribution in [-0.2, 0) is 13.0 Å². The molecule has 0 radical (unpaired) electrons. The number of hydrogen-bond donors (Lipinski definition) is 0. The first kappa shape index (κ1) is 18.9. The summed E-state index contributed by atoms with van der Waals surface area (Å²) in [6, 6.07) is 6.53. The maximum absolute atomic E-state index is 4.03. The van der Waals surface area contributed by atoms with Gasteiger partial charge in [-0.3, -0.25) is 0 Å². The molecule has 0 aliphatic rings. The average Bonchev–Trinajstić information content (AvgIpc) is 2.50. The van der Waals surface area contributed by atoms with Crippen LogP contribution in [0.4, 0.5) is 0 Å². The van der Waals surface area contributed by atoms with Crippen molar-refractivity contribution in [1.82, 2.24) is 0 Å². The number of nitrogens with zero attached hydrogens (tertiary/aromatic N) is 1. The van der Waals surface area contributed by atoms with E-state index in [4.69, 9.17) is 0 Å². The number of unbranched alkanes of at least 4 members (excludes halogenated alkanes) is 9. The normalized spacial score (nSPS) is 10.8. The maximum atomic E-state index is 4.03. The Morgan fingerprint density at radius 2 is 1.50 bits per heavy atom. The van der Waals surface area contributed by atoms with Crippen LogP contribution in [0, 0.1) is 0 Å². The Hall–Kier alpha value is -1.11. The van der Waals surface area contributed by atoms with Crippen molar-refractivity contribution in [3.8, 4) is 0 Å². The van der Waals surface area contributed by atoms with Gasteiger partial charge in [-0.25, -0.2) is 0 Å². The number of rotatable bonds is 13. The van der Waals surface area contributed by atoms with Gasteiger partial charge < -0.3 is 0 Å². The van der Waals surface area contributed by atoms with E-state index >= 15 is 0 Å². The minimum absolute atomic E-state index is 0.952. The van der Waals surface area contributed by atoms with Gasteiger partial charge >= 0.3 is 0 Å². The lowest BCUT2D eigenvalue weighted by Gasteiger charge is -2.04. The summed E-state index contributed by atoms with van der Waals surface area (Å²) in [5.41, 5.74) is 2.67. The molecule has 0 saturated heterocycles. The molecule has 0 saturated carbocycles. The van der Waals surface area contributed by atoms with E-state index in [0.717, 1.165) is 6.54 Å². The Kier molecular flexibility index (Phi) is 10.7. The summed E-state index contributed by atoms with van der Waals surface area (Å²) in [4.78, 5) is 0. The quantitative estimate of drug-likeness (QED) is 0.238. The van der Waals surface area contributed by atoms with Crippen molar-refractivity contribution >= 4 is 0 Å². The highest BCUT2D eigenvalue weighted by molar-refractivity contribution is 4.98. The summed E-state index contributed by atoms with van der Waals surface area (Å²) in [6.07, 6.45) is 17.4. The highest BCUT2D eigenvalue weighted by atomic mass is 14.9. The largest absolute Gasteiger partial charge is 0.198 e. The predicted octanol–water partition coefficient (Wildman–Crippen LogP) is 6.01. The third-order valence-corrected chi connectivity index (χ3v) is 4.26. The van der Waals surface area contributed by atoms with Crippen molar-refractivity contribution in [3.63, 3.8) is 0 Å². The van der Waals surface area contributed by atoms with Gasteiger partial charge in [0.05, 0.1) is 0 Å². The maximum Gasteiger partial charge on any atom is 0.181 e. The minimum atomic E-state index is 0.952. The third kappa shape index (κ3) is 9.02. The molecule has 124 valence electrons. The number of allylic oxidation sites excluding steroid dienone is 1. The van der Waals surface area contributed by atoms with Crippen LogP contribution in [-0.4, -0.2) is 0 Å². The molecule has 1 rings (SSSR count).